The molecule has 0 bridgehead atoms. The molecule has 2 fully saturated rings. The Bertz CT molecular complexity index is 860. The van der Waals surface area contributed by atoms with Crippen LogP contribution < -0.4 is 20.4 Å². The van der Waals surface area contributed by atoms with E-state index in [0.717, 1.165) is 55.9 Å². The van der Waals surface area contributed by atoms with E-state index in [0.29, 0.717) is 18.7 Å². The van der Waals surface area contributed by atoms with Crippen molar-refractivity contribution in [1.29, 1.82) is 0 Å². The van der Waals surface area contributed by atoms with Crippen molar-refractivity contribution in [1.82, 2.24) is 25.6 Å². The number of anilines is 2. The summed E-state index contributed by atoms with van der Waals surface area (Å²) in [5, 5.41) is 6.08. The van der Waals surface area contributed by atoms with Crippen molar-refractivity contribution in [3.63, 3.8) is 0 Å². The van der Waals surface area contributed by atoms with Crippen LogP contribution in [0.5, 0.6) is 0 Å². The molecule has 2 saturated heterocycles. The minimum atomic E-state index is -0.0116. The van der Waals surface area contributed by atoms with Gasteiger partial charge in [-0.05, 0) is 37.8 Å². The van der Waals surface area contributed by atoms with Crippen molar-refractivity contribution >= 4 is 34.6 Å². The zero-order valence-corrected chi connectivity index (χ0v) is 17.6. The molecule has 9 nitrogen and oxygen atoms in total. The number of hydrogen-bond donors (Lipinski definition) is 2. The number of amides is 2. The number of carbonyl (C=O) groups excluding carboxylic acids is 2. The molecule has 2 unspecified atom stereocenters. The lowest BCUT2D eigenvalue weighted by Crippen LogP contribution is -2.50. The third-order valence-electron chi connectivity index (χ3n) is 5.66. The van der Waals surface area contributed by atoms with Crippen molar-refractivity contribution in [2.75, 3.05) is 36.0 Å². The second kappa shape index (κ2) is 8.81. The van der Waals surface area contributed by atoms with Crippen molar-refractivity contribution in [2.24, 2.45) is 0 Å². The van der Waals surface area contributed by atoms with E-state index in [4.69, 9.17) is 9.97 Å². The molecule has 2 N–H and O–H groups in total. The van der Waals surface area contributed by atoms with Gasteiger partial charge < -0.3 is 20.4 Å². The predicted molar refractivity (Wildman–Crippen MR) is 115 cm³/mol. The lowest BCUT2D eigenvalue weighted by molar-refractivity contribution is -0.120. The summed E-state index contributed by atoms with van der Waals surface area (Å²) in [7, 11) is 0. The van der Waals surface area contributed by atoms with Crippen molar-refractivity contribution in [3.05, 3.63) is 18.3 Å². The van der Waals surface area contributed by atoms with Crippen LogP contribution in [-0.4, -0.2) is 65.0 Å². The molecule has 0 saturated carbocycles. The molecule has 2 aliphatic rings. The van der Waals surface area contributed by atoms with Gasteiger partial charge in [-0.2, -0.15) is 0 Å². The number of pyridine rings is 1. The molecule has 160 valence electrons. The number of hydrogen-bond acceptors (Lipinski definition) is 7. The Morgan fingerprint density at radius 1 is 0.933 bits per heavy atom. The molecule has 0 radical (unpaired) electrons. The van der Waals surface area contributed by atoms with Crippen molar-refractivity contribution in [2.45, 2.75) is 51.6 Å². The lowest BCUT2D eigenvalue weighted by Gasteiger charge is -2.38. The fourth-order valence-corrected chi connectivity index (χ4v) is 4.45. The van der Waals surface area contributed by atoms with E-state index in [1.54, 1.807) is 20.0 Å². The smallest absolute Gasteiger partial charge is 0.217 e. The van der Waals surface area contributed by atoms with E-state index in [-0.39, 0.29) is 23.9 Å². The molecule has 2 aromatic heterocycles. The predicted octanol–water partition coefficient (Wildman–Crippen LogP) is 1.23. The standard InChI is InChI=1S/C21H29N7O2/c1-14(29)23-16-6-4-10-27(12-16)20-21(26-19-18(25-20)8-3-9-22-19)28-11-5-7-17(13-28)24-15(2)30/h3,8-9,16-17H,4-7,10-13H2,1-2H3,(H,23,29)(H,24,30). The van der Waals surface area contributed by atoms with Gasteiger partial charge in [0, 0.05) is 58.3 Å². The third kappa shape index (κ3) is 4.60. The summed E-state index contributed by atoms with van der Waals surface area (Å²) in [6.45, 7) is 6.24. The summed E-state index contributed by atoms with van der Waals surface area (Å²) >= 11 is 0. The maximum absolute atomic E-state index is 11.6. The van der Waals surface area contributed by atoms with E-state index < -0.39 is 0 Å². The summed E-state index contributed by atoms with van der Waals surface area (Å²) in [6, 6.07) is 3.99. The number of nitrogens with zero attached hydrogens (tertiary/aromatic N) is 5. The zero-order chi connectivity index (χ0) is 21.1. The van der Waals surface area contributed by atoms with Crippen LogP contribution in [0.4, 0.5) is 11.6 Å². The first-order chi connectivity index (χ1) is 14.5. The van der Waals surface area contributed by atoms with Crippen LogP contribution >= 0.6 is 0 Å². The average molecular weight is 412 g/mol. The second-order valence-corrected chi connectivity index (χ2v) is 8.19. The lowest BCUT2D eigenvalue weighted by atomic mass is 10.0. The Balaban J connectivity index is 1.67. The fourth-order valence-electron chi connectivity index (χ4n) is 4.45. The van der Waals surface area contributed by atoms with Gasteiger partial charge in [0.15, 0.2) is 17.3 Å². The fraction of sp³-hybridized carbons (Fsp3) is 0.571. The van der Waals surface area contributed by atoms with Gasteiger partial charge in [0.25, 0.3) is 0 Å². The number of aromatic nitrogens is 3. The van der Waals surface area contributed by atoms with Crippen LogP contribution in [0.3, 0.4) is 0 Å². The van der Waals surface area contributed by atoms with Crippen LogP contribution in [0, 0.1) is 0 Å². The summed E-state index contributed by atoms with van der Waals surface area (Å²) < 4.78 is 0. The normalized spacial score (nSPS) is 22.1. The maximum atomic E-state index is 11.6. The molecule has 30 heavy (non-hydrogen) atoms. The Hall–Kier alpha value is -2.97. The highest BCUT2D eigenvalue weighted by Crippen LogP contribution is 2.31. The molecule has 2 amide bonds. The number of fused-ring (bicyclic) bond motifs is 1. The maximum Gasteiger partial charge on any atom is 0.217 e. The summed E-state index contributed by atoms with van der Waals surface area (Å²) in [5.74, 6) is 1.61. The first-order valence-electron chi connectivity index (χ1n) is 10.7. The molecule has 4 rings (SSSR count). The molecule has 0 aromatic carbocycles. The van der Waals surface area contributed by atoms with Gasteiger partial charge in [-0.1, -0.05) is 0 Å². The molecular formula is C21H29N7O2. The number of piperidine rings is 2. The van der Waals surface area contributed by atoms with E-state index in [2.05, 4.69) is 25.4 Å². The molecule has 0 aliphatic carbocycles. The number of nitrogens with one attached hydrogen (secondary N) is 2. The van der Waals surface area contributed by atoms with E-state index >= 15 is 0 Å². The Morgan fingerprint density at radius 2 is 1.50 bits per heavy atom. The summed E-state index contributed by atoms with van der Waals surface area (Å²) in [5.41, 5.74) is 1.38. The molecule has 2 aromatic rings. The first-order valence-corrected chi connectivity index (χ1v) is 10.7. The largest absolute Gasteiger partial charge is 0.352 e. The van der Waals surface area contributed by atoms with Crippen molar-refractivity contribution in [3.8, 4) is 0 Å². The van der Waals surface area contributed by atoms with Crippen LogP contribution in [0.15, 0.2) is 18.3 Å². The Labute approximate surface area is 176 Å². The Kier molecular flexibility index (Phi) is 5.96. The van der Waals surface area contributed by atoms with E-state index in [1.165, 1.54) is 0 Å². The van der Waals surface area contributed by atoms with Gasteiger partial charge in [0.2, 0.25) is 11.8 Å². The van der Waals surface area contributed by atoms with Crippen LogP contribution in [-0.2, 0) is 9.59 Å². The molecule has 2 aliphatic heterocycles. The van der Waals surface area contributed by atoms with Gasteiger partial charge in [-0.3, -0.25) is 9.59 Å². The Morgan fingerprint density at radius 3 is 2.07 bits per heavy atom. The topological polar surface area (TPSA) is 103 Å². The average Bonchev–Trinajstić information content (AvgIpc) is 2.72. The molecule has 4 heterocycles. The highest BCUT2D eigenvalue weighted by Gasteiger charge is 2.29. The quantitative estimate of drug-likeness (QED) is 0.780. The van der Waals surface area contributed by atoms with Crippen LogP contribution in [0.2, 0.25) is 0 Å². The minimum absolute atomic E-state index is 0.00921. The van der Waals surface area contributed by atoms with Crippen molar-refractivity contribution < 1.29 is 9.59 Å². The molecule has 0 spiro atoms. The number of rotatable bonds is 4. The van der Waals surface area contributed by atoms with Gasteiger partial charge in [-0.15, -0.1) is 0 Å². The molecular weight excluding hydrogens is 382 g/mol. The third-order valence-corrected chi connectivity index (χ3v) is 5.66. The highest BCUT2D eigenvalue weighted by atomic mass is 16.2. The van der Waals surface area contributed by atoms with E-state index in [1.807, 2.05) is 12.1 Å². The molecule has 2 atom stereocenters. The van der Waals surface area contributed by atoms with Gasteiger partial charge in [0.05, 0.1) is 0 Å². The van der Waals surface area contributed by atoms with Crippen LogP contribution in [0.25, 0.3) is 11.2 Å². The second-order valence-electron chi connectivity index (χ2n) is 8.19. The van der Waals surface area contributed by atoms with Gasteiger partial charge in [-0.25, -0.2) is 15.0 Å². The monoisotopic (exact) mass is 411 g/mol. The summed E-state index contributed by atoms with van der Waals surface area (Å²) in [4.78, 5) is 41.8. The zero-order valence-electron chi connectivity index (χ0n) is 17.6. The molecule has 9 heteroatoms. The first kappa shape index (κ1) is 20.3. The highest BCUT2D eigenvalue weighted by molar-refractivity contribution is 5.78. The summed E-state index contributed by atoms with van der Waals surface area (Å²) in [6.07, 6.45) is 5.60. The van der Waals surface area contributed by atoms with Gasteiger partial charge in [0.1, 0.15) is 5.52 Å². The van der Waals surface area contributed by atoms with E-state index in [9.17, 15) is 9.59 Å². The van der Waals surface area contributed by atoms with Gasteiger partial charge >= 0.3 is 0 Å². The minimum Gasteiger partial charge on any atom is -0.352 e. The SMILES string of the molecule is CC(=O)NC1CCCN(c2nc3cccnc3nc2N2CCCC(NC(C)=O)C2)C1. The number of carbonyl (C=O) groups is 2. The van der Waals surface area contributed by atoms with Crippen LogP contribution in [0.1, 0.15) is 39.5 Å².